The molecule has 1 rings (SSSR count). The van der Waals surface area contributed by atoms with Gasteiger partial charge in [0.15, 0.2) is 4.90 Å². The first kappa shape index (κ1) is 14.6. The number of nitrogens with one attached hydrogen (secondary N) is 1. The molecule has 0 bridgehead atoms. The van der Waals surface area contributed by atoms with E-state index in [1.807, 2.05) is 0 Å². The summed E-state index contributed by atoms with van der Waals surface area (Å²) in [4.78, 5) is 22.6. The van der Waals surface area contributed by atoms with Crippen molar-refractivity contribution in [2.24, 2.45) is 14.1 Å². The molecule has 0 aliphatic rings. The predicted molar refractivity (Wildman–Crippen MR) is 63.8 cm³/mol. The Bertz CT molecular complexity index is 656. The summed E-state index contributed by atoms with van der Waals surface area (Å²) < 4.78 is 27.4. The molecule has 0 aromatic carbocycles. The molecule has 0 unspecified atom stereocenters. The summed E-state index contributed by atoms with van der Waals surface area (Å²) in [6.45, 7) is 1.19. The molecule has 0 saturated heterocycles. The summed E-state index contributed by atoms with van der Waals surface area (Å²) in [7, 11) is -1.52. The number of nitrogens with zero attached hydrogens (tertiary/aromatic N) is 2. The number of rotatable bonds is 4. The number of sulfonamides is 1. The third kappa shape index (κ3) is 2.86. The van der Waals surface area contributed by atoms with Gasteiger partial charge in [-0.2, -0.15) is 0 Å². The highest BCUT2D eigenvalue weighted by Gasteiger charge is 2.21. The Kier molecular flexibility index (Phi) is 4.09. The van der Waals surface area contributed by atoms with Gasteiger partial charge in [0, 0.05) is 26.8 Å². The molecule has 1 heterocycles. The van der Waals surface area contributed by atoms with E-state index in [1.54, 1.807) is 0 Å². The first-order valence-corrected chi connectivity index (χ1v) is 6.59. The lowest BCUT2D eigenvalue weighted by atomic mass is 10.4. The summed E-state index contributed by atoms with van der Waals surface area (Å²) in [5.74, 6) is 0. The second kappa shape index (κ2) is 5.04. The zero-order valence-electron chi connectivity index (χ0n) is 10.2. The van der Waals surface area contributed by atoms with Crippen molar-refractivity contribution < 1.29 is 13.5 Å². The first-order chi connectivity index (χ1) is 8.16. The summed E-state index contributed by atoms with van der Waals surface area (Å²) in [6.07, 6.45) is 0.0749. The van der Waals surface area contributed by atoms with E-state index in [1.165, 1.54) is 21.0 Å². The normalized spacial score (nSPS) is 13.6. The number of aliphatic hydroxyl groups excluding tert-OH is 1. The van der Waals surface area contributed by atoms with Crippen molar-refractivity contribution in [2.75, 3.05) is 6.54 Å². The van der Waals surface area contributed by atoms with Gasteiger partial charge in [-0.05, 0) is 6.92 Å². The molecule has 9 heteroatoms. The van der Waals surface area contributed by atoms with Gasteiger partial charge in [0.1, 0.15) is 0 Å². The Balaban J connectivity index is 3.35. The smallest absolute Gasteiger partial charge is 0.330 e. The van der Waals surface area contributed by atoms with Gasteiger partial charge in [0.05, 0.1) is 6.10 Å². The third-order valence-corrected chi connectivity index (χ3v) is 3.68. The van der Waals surface area contributed by atoms with Crippen LogP contribution < -0.4 is 16.0 Å². The monoisotopic (exact) mass is 277 g/mol. The molecule has 0 fully saturated rings. The van der Waals surface area contributed by atoms with E-state index in [0.717, 1.165) is 10.8 Å². The molecular weight excluding hydrogens is 262 g/mol. The fraction of sp³-hybridized carbons (Fsp3) is 0.556. The average molecular weight is 277 g/mol. The topological polar surface area (TPSA) is 110 Å². The summed E-state index contributed by atoms with van der Waals surface area (Å²) in [5, 5.41) is 9.02. The standard InChI is InChI=1S/C9H15N3O5S/c1-6(13)4-10-18(16,17)7-5-11(2)9(15)12(3)8(7)14/h5-6,10,13H,4H2,1-3H3/t6-/m1/s1. The maximum atomic E-state index is 11.8. The van der Waals surface area contributed by atoms with E-state index < -0.39 is 32.3 Å². The summed E-state index contributed by atoms with van der Waals surface area (Å²) >= 11 is 0. The Morgan fingerprint density at radius 2 is 1.94 bits per heavy atom. The van der Waals surface area contributed by atoms with Crippen molar-refractivity contribution in [3.63, 3.8) is 0 Å². The molecule has 0 spiro atoms. The lowest BCUT2D eigenvalue weighted by Crippen LogP contribution is -2.42. The van der Waals surface area contributed by atoms with Crippen LogP contribution in [0.4, 0.5) is 0 Å². The second-order valence-corrected chi connectivity index (χ2v) is 5.69. The van der Waals surface area contributed by atoms with E-state index in [4.69, 9.17) is 5.11 Å². The van der Waals surface area contributed by atoms with Crippen molar-refractivity contribution in [1.82, 2.24) is 13.9 Å². The minimum atomic E-state index is -4.05. The highest BCUT2D eigenvalue weighted by Crippen LogP contribution is 1.99. The van der Waals surface area contributed by atoms with Gasteiger partial charge in [-0.15, -0.1) is 0 Å². The van der Waals surface area contributed by atoms with Crippen LogP contribution in [0.2, 0.25) is 0 Å². The van der Waals surface area contributed by atoms with Crippen LogP contribution >= 0.6 is 0 Å². The largest absolute Gasteiger partial charge is 0.392 e. The Labute approximate surface area is 104 Å². The number of aromatic nitrogens is 2. The average Bonchev–Trinajstić information content (AvgIpc) is 2.28. The van der Waals surface area contributed by atoms with Crippen LogP contribution in [0.3, 0.4) is 0 Å². The van der Waals surface area contributed by atoms with Gasteiger partial charge in [-0.1, -0.05) is 0 Å². The number of hydrogen-bond acceptors (Lipinski definition) is 5. The molecule has 0 saturated carbocycles. The van der Waals surface area contributed by atoms with Crippen LogP contribution in [-0.4, -0.2) is 35.3 Å². The van der Waals surface area contributed by atoms with Gasteiger partial charge < -0.3 is 9.67 Å². The zero-order chi connectivity index (χ0) is 14.1. The van der Waals surface area contributed by atoms with Gasteiger partial charge in [-0.25, -0.2) is 17.9 Å². The van der Waals surface area contributed by atoms with Crippen molar-refractivity contribution >= 4 is 10.0 Å². The van der Waals surface area contributed by atoms with Gasteiger partial charge in [0.25, 0.3) is 5.56 Å². The van der Waals surface area contributed by atoms with Crippen molar-refractivity contribution in [1.29, 1.82) is 0 Å². The van der Waals surface area contributed by atoms with Crippen molar-refractivity contribution in [3.8, 4) is 0 Å². The molecule has 0 aliphatic heterocycles. The molecule has 1 aromatic heterocycles. The minimum Gasteiger partial charge on any atom is -0.392 e. The van der Waals surface area contributed by atoms with Gasteiger partial charge >= 0.3 is 5.69 Å². The van der Waals surface area contributed by atoms with Crippen molar-refractivity contribution in [2.45, 2.75) is 17.9 Å². The Hall–Kier alpha value is -1.45. The number of aliphatic hydroxyl groups is 1. The number of aryl methyl sites for hydroxylation is 1. The zero-order valence-corrected chi connectivity index (χ0v) is 11.1. The van der Waals surface area contributed by atoms with Gasteiger partial charge in [-0.3, -0.25) is 9.36 Å². The molecule has 2 N–H and O–H groups in total. The van der Waals surface area contributed by atoms with Gasteiger partial charge in [0.2, 0.25) is 10.0 Å². The minimum absolute atomic E-state index is 0.214. The van der Waals surface area contributed by atoms with Crippen LogP contribution in [0.25, 0.3) is 0 Å². The molecule has 0 aliphatic carbocycles. The fourth-order valence-electron chi connectivity index (χ4n) is 1.27. The maximum absolute atomic E-state index is 11.8. The third-order valence-electron chi connectivity index (χ3n) is 2.27. The summed E-state index contributed by atoms with van der Waals surface area (Å²) in [5.41, 5.74) is -1.52. The molecule has 1 aromatic rings. The lowest BCUT2D eigenvalue weighted by molar-refractivity contribution is 0.198. The quantitative estimate of drug-likeness (QED) is 0.645. The van der Waals surface area contributed by atoms with E-state index >= 15 is 0 Å². The highest BCUT2D eigenvalue weighted by molar-refractivity contribution is 7.89. The molecule has 8 nitrogen and oxygen atoms in total. The SMILES string of the molecule is C[C@@H](O)CNS(=O)(=O)c1cn(C)c(=O)n(C)c1=O. The molecule has 0 radical (unpaired) electrons. The second-order valence-electron chi connectivity index (χ2n) is 3.95. The van der Waals surface area contributed by atoms with Crippen LogP contribution in [0.15, 0.2) is 20.7 Å². The molecule has 18 heavy (non-hydrogen) atoms. The van der Waals surface area contributed by atoms with Crippen LogP contribution in [0.5, 0.6) is 0 Å². The van der Waals surface area contributed by atoms with E-state index in [9.17, 15) is 18.0 Å². The fourth-order valence-corrected chi connectivity index (χ4v) is 2.55. The van der Waals surface area contributed by atoms with E-state index in [-0.39, 0.29) is 6.54 Å². The molecule has 1 atom stereocenters. The first-order valence-electron chi connectivity index (χ1n) is 5.11. The molecule has 102 valence electrons. The maximum Gasteiger partial charge on any atom is 0.330 e. The predicted octanol–water partition coefficient (Wildman–Crippen LogP) is -2.26. The lowest BCUT2D eigenvalue weighted by Gasteiger charge is -2.10. The molecular formula is C9H15N3O5S. The van der Waals surface area contributed by atoms with Crippen molar-refractivity contribution in [3.05, 3.63) is 27.0 Å². The summed E-state index contributed by atoms with van der Waals surface area (Å²) in [6, 6.07) is 0. The van der Waals surface area contributed by atoms with E-state index in [2.05, 4.69) is 4.72 Å². The number of hydrogen-bond donors (Lipinski definition) is 2. The van der Waals surface area contributed by atoms with Crippen LogP contribution in [0.1, 0.15) is 6.92 Å². The van der Waals surface area contributed by atoms with Crippen LogP contribution in [-0.2, 0) is 24.1 Å². The highest BCUT2D eigenvalue weighted by atomic mass is 32.2. The molecule has 0 amide bonds. The van der Waals surface area contributed by atoms with E-state index in [0.29, 0.717) is 4.57 Å². The Morgan fingerprint density at radius 1 is 1.39 bits per heavy atom. The Morgan fingerprint density at radius 3 is 2.44 bits per heavy atom. The van der Waals surface area contributed by atoms with Crippen LogP contribution in [0, 0.1) is 0 Å².